The van der Waals surface area contributed by atoms with Crippen LogP contribution >= 0.6 is 0 Å². The van der Waals surface area contributed by atoms with E-state index in [1.165, 1.54) is 0 Å². The number of aliphatic carboxylic acids is 2. The molecule has 9 heteroatoms. The average molecular weight is 435 g/mol. The third-order valence-corrected chi connectivity index (χ3v) is 3.60. The Kier molecular flexibility index (Phi) is 20.2. The molecule has 1 fully saturated rings. The van der Waals surface area contributed by atoms with Gasteiger partial charge in [-0.1, -0.05) is 27.7 Å². The predicted molar refractivity (Wildman–Crippen MR) is 110 cm³/mol. The molecule has 1 rings (SSSR count). The number of carboxylic acids is 2. The van der Waals surface area contributed by atoms with E-state index in [9.17, 15) is 19.2 Å². The Morgan fingerprint density at radius 3 is 1.63 bits per heavy atom. The summed E-state index contributed by atoms with van der Waals surface area (Å²) in [7, 11) is 0. The Morgan fingerprint density at radius 2 is 1.23 bits per heavy atom. The van der Waals surface area contributed by atoms with Gasteiger partial charge in [0.05, 0.1) is 6.10 Å². The van der Waals surface area contributed by atoms with Crippen molar-refractivity contribution in [3.63, 3.8) is 0 Å². The topological polar surface area (TPSA) is 136 Å². The summed E-state index contributed by atoms with van der Waals surface area (Å²) >= 11 is 0. The standard InChI is InChI=1S/C13H22O5.2C4H8O2/c1-3-5-11(14)16-9-10-7-8-13(17-10)18-12(15)6-4-2;2*1-2-3-4(5)6/h10,13H,3-9H2,1-2H3;2*2-3H2,1H3,(H,5,6). The Balaban J connectivity index is 0. The Hall–Kier alpha value is -2.16. The number of carboxylic acid groups (broad SMARTS) is 2. The first kappa shape index (κ1) is 30.0. The summed E-state index contributed by atoms with van der Waals surface area (Å²) in [5, 5.41) is 15.8. The van der Waals surface area contributed by atoms with Gasteiger partial charge in [0.25, 0.3) is 0 Å². The molecule has 0 bridgehead atoms. The quantitative estimate of drug-likeness (QED) is 0.463. The number of carbonyl (C=O) groups is 4. The van der Waals surface area contributed by atoms with Crippen LogP contribution in [-0.2, 0) is 33.4 Å². The van der Waals surface area contributed by atoms with Crippen LogP contribution in [0.3, 0.4) is 0 Å². The first-order valence-corrected chi connectivity index (χ1v) is 10.6. The predicted octanol–water partition coefficient (Wildman–Crippen LogP) is 3.92. The minimum absolute atomic E-state index is 0.148. The van der Waals surface area contributed by atoms with Crippen LogP contribution in [0.15, 0.2) is 0 Å². The molecule has 176 valence electrons. The van der Waals surface area contributed by atoms with Gasteiger partial charge in [0.15, 0.2) is 0 Å². The summed E-state index contributed by atoms with van der Waals surface area (Å²) in [5.74, 6) is -1.85. The van der Waals surface area contributed by atoms with Crippen molar-refractivity contribution in [2.45, 2.75) is 104 Å². The highest BCUT2D eigenvalue weighted by atomic mass is 16.7. The molecule has 0 aromatic heterocycles. The van der Waals surface area contributed by atoms with E-state index in [1.807, 2.05) is 27.7 Å². The molecule has 0 aromatic rings. The molecule has 1 aliphatic heterocycles. The highest BCUT2D eigenvalue weighted by molar-refractivity contribution is 5.69. The van der Waals surface area contributed by atoms with Gasteiger partial charge in [0.1, 0.15) is 6.61 Å². The van der Waals surface area contributed by atoms with Gasteiger partial charge in [-0.3, -0.25) is 19.2 Å². The lowest BCUT2D eigenvalue weighted by atomic mass is 10.2. The molecule has 0 aromatic carbocycles. The number of esters is 2. The van der Waals surface area contributed by atoms with Crippen LogP contribution < -0.4 is 0 Å². The molecule has 1 aliphatic rings. The zero-order chi connectivity index (χ0) is 23.4. The minimum atomic E-state index is -0.711. The molecule has 0 spiro atoms. The number of hydrogen-bond acceptors (Lipinski definition) is 7. The molecule has 2 unspecified atom stereocenters. The van der Waals surface area contributed by atoms with Crippen LogP contribution in [-0.4, -0.2) is 53.1 Å². The van der Waals surface area contributed by atoms with Gasteiger partial charge < -0.3 is 24.4 Å². The van der Waals surface area contributed by atoms with Crippen LogP contribution in [0.25, 0.3) is 0 Å². The maximum Gasteiger partial charge on any atom is 0.308 e. The largest absolute Gasteiger partial charge is 0.481 e. The molecule has 9 nitrogen and oxygen atoms in total. The van der Waals surface area contributed by atoms with E-state index < -0.39 is 18.2 Å². The number of ether oxygens (including phenoxy) is 3. The molecule has 0 radical (unpaired) electrons. The fraction of sp³-hybridized carbons (Fsp3) is 0.810. The smallest absolute Gasteiger partial charge is 0.308 e. The third-order valence-electron chi connectivity index (χ3n) is 3.60. The van der Waals surface area contributed by atoms with Crippen LogP contribution in [0.4, 0.5) is 0 Å². The molecule has 0 amide bonds. The summed E-state index contributed by atoms with van der Waals surface area (Å²) < 4.78 is 15.7. The van der Waals surface area contributed by atoms with Crippen molar-refractivity contribution in [3.05, 3.63) is 0 Å². The van der Waals surface area contributed by atoms with Crippen LogP contribution in [0.5, 0.6) is 0 Å². The second kappa shape index (κ2) is 20.1. The summed E-state index contributed by atoms with van der Waals surface area (Å²) in [5.41, 5.74) is 0. The molecule has 2 N–H and O–H groups in total. The van der Waals surface area contributed by atoms with E-state index in [2.05, 4.69) is 0 Å². The average Bonchev–Trinajstić information content (AvgIpc) is 3.08. The number of carbonyl (C=O) groups excluding carboxylic acids is 2. The van der Waals surface area contributed by atoms with E-state index in [0.29, 0.717) is 32.1 Å². The van der Waals surface area contributed by atoms with Crippen molar-refractivity contribution >= 4 is 23.9 Å². The second-order valence-electron chi connectivity index (χ2n) is 6.73. The molecule has 2 atom stereocenters. The Morgan fingerprint density at radius 1 is 0.767 bits per heavy atom. The molecule has 1 saturated heterocycles. The number of rotatable bonds is 11. The molecular weight excluding hydrogens is 396 g/mol. The highest BCUT2D eigenvalue weighted by Crippen LogP contribution is 2.21. The zero-order valence-corrected chi connectivity index (χ0v) is 18.7. The lowest BCUT2D eigenvalue weighted by Crippen LogP contribution is -2.22. The summed E-state index contributed by atoms with van der Waals surface area (Å²) in [6.45, 7) is 7.78. The first-order chi connectivity index (χ1) is 14.2. The van der Waals surface area contributed by atoms with Crippen LogP contribution in [0.2, 0.25) is 0 Å². The van der Waals surface area contributed by atoms with E-state index in [1.54, 1.807) is 0 Å². The van der Waals surface area contributed by atoms with Gasteiger partial charge >= 0.3 is 23.9 Å². The zero-order valence-electron chi connectivity index (χ0n) is 18.7. The van der Waals surface area contributed by atoms with Crippen molar-refractivity contribution in [3.8, 4) is 0 Å². The van der Waals surface area contributed by atoms with E-state index in [0.717, 1.165) is 32.1 Å². The van der Waals surface area contributed by atoms with E-state index in [-0.39, 0.29) is 24.6 Å². The molecule has 0 saturated carbocycles. The van der Waals surface area contributed by atoms with Crippen LogP contribution in [0, 0.1) is 0 Å². The molecule has 0 aliphatic carbocycles. The van der Waals surface area contributed by atoms with Crippen molar-refractivity contribution < 1.29 is 43.6 Å². The minimum Gasteiger partial charge on any atom is -0.481 e. The lowest BCUT2D eigenvalue weighted by Gasteiger charge is -2.14. The maximum atomic E-state index is 11.3. The van der Waals surface area contributed by atoms with Gasteiger partial charge in [-0.15, -0.1) is 0 Å². The van der Waals surface area contributed by atoms with Gasteiger partial charge in [0, 0.05) is 32.1 Å². The summed E-state index contributed by atoms with van der Waals surface area (Å²) in [4.78, 5) is 41.6. The van der Waals surface area contributed by atoms with Crippen molar-refractivity contribution in [2.75, 3.05) is 6.61 Å². The third kappa shape index (κ3) is 20.6. The Bertz CT molecular complexity index is 475. The van der Waals surface area contributed by atoms with E-state index >= 15 is 0 Å². The van der Waals surface area contributed by atoms with Gasteiger partial charge in [-0.05, 0) is 32.1 Å². The second-order valence-corrected chi connectivity index (χ2v) is 6.73. The lowest BCUT2D eigenvalue weighted by molar-refractivity contribution is -0.180. The number of hydrogen-bond donors (Lipinski definition) is 2. The summed E-state index contributed by atoms with van der Waals surface area (Å²) in [6.07, 6.45) is 5.24. The maximum absolute atomic E-state index is 11.3. The van der Waals surface area contributed by atoms with E-state index in [4.69, 9.17) is 24.4 Å². The fourth-order valence-corrected chi connectivity index (χ4v) is 2.18. The molecule has 1 heterocycles. The van der Waals surface area contributed by atoms with Gasteiger partial charge in [-0.2, -0.15) is 0 Å². The molecule has 30 heavy (non-hydrogen) atoms. The van der Waals surface area contributed by atoms with Crippen molar-refractivity contribution in [1.82, 2.24) is 0 Å². The summed E-state index contributed by atoms with van der Waals surface area (Å²) in [6, 6.07) is 0. The van der Waals surface area contributed by atoms with Crippen molar-refractivity contribution in [1.29, 1.82) is 0 Å². The normalized spacial score (nSPS) is 16.9. The van der Waals surface area contributed by atoms with Gasteiger partial charge in [0.2, 0.25) is 6.29 Å². The monoisotopic (exact) mass is 434 g/mol. The first-order valence-electron chi connectivity index (χ1n) is 10.6. The highest BCUT2D eigenvalue weighted by Gasteiger charge is 2.28. The van der Waals surface area contributed by atoms with Crippen molar-refractivity contribution in [2.24, 2.45) is 0 Å². The van der Waals surface area contributed by atoms with Gasteiger partial charge in [-0.25, -0.2) is 0 Å². The molecular formula is C21H38O9. The fourth-order valence-electron chi connectivity index (χ4n) is 2.18. The SMILES string of the molecule is CCCC(=O)O.CCCC(=O)O.CCCC(=O)OCC1CCC(OC(=O)CCC)O1. The van der Waals surface area contributed by atoms with Crippen LogP contribution in [0.1, 0.15) is 91.9 Å². The Labute approximate surface area is 179 Å².